The Balaban J connectivity index is 3.08. The van der Waals surface area contributed by atoms with Crippen LogP contribution < -0.4 is 0 Å². The lowest BCUT2D eigenvalue weighted by Gasteiger charge is -1.99. The van der Waals surface area contributed by atoms with Crippen molar-refractivity contribution < 1.29 is 8.78 Å². The molecule has 0 aliphatic rings. The average Bonchev–Trinajstić information content (AvgIpc) is 2.09. The highest BCUT2D eigenvalue weighted by atomic mass is 79.9. The smallest absolute Gasteiger partial charge is 0.134 e. The van der Waals surface area contributed by atoms with Crippen molar-refractivity contribution in [2.45, 2.75) is 6.92 Å². The molecule has 0 aliphatic carbocycles. The molecule has 0 atom stereocenters. The fourth-order valence-corrected chi connectivity index (χ4v) is 1.38. The summed E-state index contributed by atoms with van der Waals surface area (Å²) in [6.07, 6.45) is 6.48. The Morgan fingerprint density at radius 3 is 2.21 bits per heavy atom. The first-order valence-corrected chi connectivity index (χ1v) is 4.88. The summed E-state index contributed by atoms with van der Waals surface area (Å²) in [7, 11) is 0. The van der Waals surface area contributed by atoms with E-state index in [1.165, 1.54) is 18.2 Å². The zero-order chi connectivity index (χ0) is 10.6. The first kappa shape index (κ1) is 11.1. The van der Waals surface area contributed by atoms with Gasteiger partial charge in [0.2, 0.25) is 0 Å². The normalized spacial score (nSPS) is 11.7. The van der Waals surface area contributed by atoms with E-state index >= 15 is 0 Å². The Kier molecular flexibility index (Phi) is 4.01. The molecule has 3 heteroatoms. The van der Waals surface area contributed by atoms with Crippen LogP contribution in [-0.2, 0) is 0 Å². The minimum Gasteiger partial charge on any atom is -0.206 e. The molecule has 1 aromatic carbocycles. The van der Waals surface area contributed by atoms with Crippen molar-refractivity contribution in [3.63, 3.8) is 0 Å². The van der Waals surface area contributed by atoms with Gasteiger partial charge in [-0.15, -0.1) is 0 Å². The molecule has 0 heterocycles. The predicted octanol–water partition coefficient (Wildman–Crippen LogP) is 4.32. The lowest BCUT2D eigenvalue weighted by Crippen LogP contribution is -1.88. The summed E-state index contributed by atoms with van der Waals surface area (Å²) in [5.41, 5.74) is -0.0219. The van der Waals surface area contributed by atoms with Crippen molar-refractivity contribution >= 4 is 22.0 Å². The first-order valence-electron chi connectivity index (χ1n) is 4.09. The van der Waals surface area contributed by atoms with Crippen LogP contribution in [0.5, 0.6) is 0 Å². The molecule has 0 fully saturated rings. The van der Waals surface area contributed by atoms with Crippen LogP contribution in [0.2, 0.25) is 0 Å². The molecule has 74 valence electrons. The molecule has 0 radical (unpaired) electrons. The lowest BCUT2D eigenvalue weighted by atomic mass is 10.2. The second-order valence-corrected chi connectivity index (χ2v) is 3.58. The first-order chi connectivity index (χ1) is 6.65. The van der Waals surface area contributed by atoms with E-state index in [-0.39, 0.29) is 5.56 Å². The summed E-state index contributed by atoms with van der Waals surface area (Å²) in [6.45, 7) is 1.83. The molecule has 1 aromatic rings. The Morgan fingerprint density at radius 2 is 1.71 bits per heavy atom. The summed E-state index contributed by atoms with van der Waals surface area (Å²) in [4.78, 5) is 0. The Hall–Kier alpha value is -0.960. The second kappa shape index (κ2) is 5.05. The van der Waals surface area contributed by atoms with Crippen molar-refractivity contribution in [3.8, 4) is 0 Å². The SMILES string of the molecule is C/C=C/C=Cc1c(F)cc(Br)cc1F. The van der Waals surface area contributed by atoms with Crippen LogP contribution in [0.1, 0.15) is 12.5 Å². The van der Waals surface area contributed by atoms with E-state index in [0.717, 1.165) is 0 Å². The predicted molar refractivity (Wildman–Crippen MR) is 57.9 cm³/mol. The maximum Gasteiger partial charge on any atom is 0.134 e. The number of benzene rings is 1. The van der Waals surface area contributed by atoms with Crippen molar-refractivity contribution in [2.24, 2.45) is 0 Å². The number of hydrogen-bond acceptors (Lipinski definition) is 0. The minimum atomic E-state index is -0.572. The average molecular weight is 259 g/mol. The summed E-state index contributed by atoms with van der Waals surface area (Å²) in [6, 6.07) is 2.47. The molecule has 0 N–H and O–H groups in total. The largest absolute Gasteiger partial charge is 0.206 e. The van der Waals surface area contributed by atoms with Crippen LogP contribution in [0.3, 0.4) is 0 Å². The van der Waals surface area contributed by atoms with Gasteiger partial charge in [-0.25, -0.2) is 8.78 Å². The standard InChI is InChI=1S/C11H9BrF2/c1-2-3-4-5-9-10(13)6-8(12)7-11(9)14/h2-7H,1H3/b3-2+,5-4?. The monoisotopic (exact) mass is 258 g/mol. The van der Waals surface area contributed by atoms with E-state index in [0.29, 0.717) is 4.47 Å². The van der Waals surface area contributed by atoms with Crippen LogP contribution in [0.15, 0.2) is 34.8 Å². The van der Waals surface area contributed by atoms with Gasteiger partial charge in [0.25, 0.3) is 0 Å². The number of hydrogen-bond donors (Lipinski definition) is 0. The molecular weight excluding hydrogens is 250 g/mol. The van der Waals surface area contributed by atoms with Gasteiger partial charge in [-0.3, -0.25) is 0 Å². The van der Waals surface area contributed by atoms with Crippen molar-refractivity contribution in [1.29, 1.82) is 0 Å². The Morgan fingerprint density at radius 1 is 1.14 bits per heavy atom. The van der Waals surface area contributed by atoms with E-state index in [1.54, 1.807) is 18.2 Å². The quantitative estimate of drug-likeness (QED) is 0.694. The van der Waals surface area contributed by atoms with Gasteiger partial charge in [0.05, 0.1) is 0 Å². The van der Waals surface area contributed by atoms with Crippen molar-refractivity contribution in [1.82, 2.24) is 0 Å². The van der Waals surface area contributed by atoms with Gasteiger partial charge in [-0.1, -0.05) is 34.2 Å². The molecule has 0 saturated heterocycles. The third kappa shape index (κ3) is 2.77. The highest BCUT2D eigenvalue weighted by Gasteiger charge is 2.06. The van der Waals surface area contributed by atoms with Gasteiger partial charge in [-0.2, -0.15) is 0 Å². The Labute approximate surface area is 90.1 Å². The minimum absolute atomic E-state index is 0.0219. The molecule has 0 nitrogen and oxygen atoms in total. The van der Waals surface area contributed by atoms with Gasteiger partial charge in [0, 0.05) is 10.0 Å². The lowest BCUT2D eigenvalue weighted by molar-refractivity contribution is 0.577. The second-order valence-electron chi connectivity index (χ2n) is 2.67. The van der Waals surface area contributed by atoms with Crippen molar-refractivity contribution in [3.05, 3.63) is 52.0 Å². The summed E-state index contributed by atoms with van der Waals surface area (Å²) < 4.78 is 26.8. The fourth-order valence-electron chi connectivity index (χ4n) is 0.975. The molecule has 0 aromatic heterocycles. The molecule has 0 unspecified atom stereocenters. The zero-order valence-electron chi connectivity index (χ0n) is 7.60. The van der Waals surface area contributed by atoms with Crippen molar-refractivity contribution in [2.75, 3.05) is 0 Å². The maximum absolute atomic E-state index is 13.2. The molecule has 0 amide bonds. The van der Waals surface area contributed by atoms with E-state index in [1.807, 2.05) is 6.92 Å². The van der Waals surface area contributed by atoms with Gasteiger partial charge in [0.1, 0.15) is 11.6 Å². The van der Waals surface area contributed by atoms with Crippen LogP contribution in [0, 0.1) is 11.6 Å². The molecule has 0 aliphatic heterocycles. The van der Waals surface area contributed by atoms with Crippen LogP contribution >= 0.6 is 15.9 Å². The van der Waals surface area contributed by atoms with E-state index < -0.39 is 11.6 Å². The summed E-state index contributed by atoms with van der Waals surface area (Å²) in [5, 5.41) is 0. The fraction of sp³-hybridized carbons (Fsp3) is 0.0909. The van der Waals surface area contributed by atoms with E-state index in [2.05, 4.69) is 15.9 Å². The van der Waals surface area contributed by atoms with Crippen LogP contribution in [0.4, 0.5) is 8.78 Å². The van der Waals surface area contributed by atoms with E-state index in [9.17, 15) is 8.78 Å². The van der Waals surface area contributed by atoms with Gasteiger partial charge >= 0.3 is 0 Å². The van der Waals surface area contributed by atoms with E-state index in [4.69, 9.17) is 0 Å². The molecular formula is C11H9BrF2. The maximum atomic E-state index is 13.2. The number of rotatable bonds is 2. The third-order valence-electron chi connectivity index (χ3n) is 1.61. The van der Waals surface area contributed by atoms with Gasteiger partial charge in [-0.05, 0) is 25.1 Å². The summed E-state index contributed by atoms with van der Waals surface area (Å²) >= 11 is 3.01. The number of halogens is 3. The topological polar surface area (TPSA) is 0 Å². The van der Waals surface area contributed by atoms with Gasteiger partial charge in [0.15, 0.2) is 0 Å². The summed E-state index contributed by atoms with van der Waals surface area (Å²) in [5.74, 6) is -1.14. The zero-order valence-corrected chi connectivity index (χ0v) is 9.18. The third-order valence-corrected chi connectivity index (χ3v) is 2.07. The molecule has 14 heavy (non-hydrogen) atoms. The van der Waals surface area contributed by atoms with Crippen LogP contribution in [-0.4, -0.2) is 0 Å². The number of allylic oxidation sites excluding steroid dienone is 3. The molecule has 0 spiro atoms. The van der Waals surface area contributed by atoms with Gasteiger partial charge < -0.3 is 0 Å². The highest BCUT2D eigenvalue weighted by Crippen LogP contribution is 2.20. The highest BCUT2D eigenvalue weighted by molar-refractivity contribution is 9.10. The molecule has 1 rings (SSSR count). The molecule has 0 bridgehead atoms. The van der Waals surface area contributed by atoms with Crippen LogP contribution in [0.25, 0.3) is 6.08 Å². The molecule has 0 saturated carbocycles. The Bertz CT molecular complexity index is 358.